The number of nitro groups is 1. The highest BCUT2D eigenvalue weighted by Crippen LogP contribution is 2.23. The Kier molecular flexibility index (Phi) is 6.58. The second-order valence-electron chi connectivity index (χ2n) is 4.64. The monoisotopic (exact) mass is 281 g/mol. The lowest BCUT2D eigenvalue weighted by molar-refractivity contribution is -0.385. The maximum absolute atomic E-state index is 10.5. The zero-order valence-corrected chi connectivity index (χ0v) is 11.4. The minimum atomic E-state index is -0.625. The van der Waals surface area contributed by atoms with E-state index in [-0.39, 0.29) is 11.6 Å². The van der Waals surface area contributed by atoms with Crippen molar-refractivity contribution in [2.45, 2.75) is 31.7 Å². The fraction of sp³-hybridized carbons (Fsp3) is 0.538. The van der Waals surface area contributed by atoms with Crippen LogP contribution >= 0.6 is 0 Å². The van der Waals surface area contributed by atoms with Crippen LogP contribution in [0.1, 0.15) is 25.7 Å². The number of aliphatic carboxylic acids is 1. The van der Waals surface area contributed by atoms with Crippen LogP contribution in [0.25, 0.3) is 0 Å². The summed E-state index contributed by atoms with van der Waals surface area (Å²) < 4.78 is 0. The summed E-state index contributed by atoms with van der Waals surface area (Å²) in [5, 5.41) is 21.8. The molecule has 1 fully saturated rings. The Labute approximate surface area is 117 Å². The standard InChI is InChI=1S/C8H15NO2.C5H4N2O2/c1-9-7-4-2-6(3-5-7)8(10)11;8-7(9)5-2-1-3-6-4-5/h6-7,9H,2-5H2,1H3,(H,10,11);1-4H. The van der Waals surface area contributed by atoms with Crippen molar-refractivity contribution in [3.05, 3.63) is 34.6 Å². The van der Waals surface area contributed by atoms with Crippen molar-refractivity contribution in [1.82, 2.24) is 10.3 Å². The summed E-state index contributed by atoms with van der Waals surface area (Å²) in [5.41, 5.74) is 0.0255. The summed E-state index contributed by atoms with van der Waals surface area (Å²) in [6, 6.07) is 3.47. The second kappa shape index (κ2) is 8.21. The predicted molar refractivity (Wildman–Crippen MR) is 73.3 cm³/mol. The van der Waals surface area contributed by atoms with Crippen molar-refractivity contribution in [2.24, 2.45) is 5.92 Å². The Bertz CT molecular complexity index is 431. The van der Waals surface area contributed by atoms with E-state index in [4.69, 9.17) is 5.11 Å². The van der Waals surface area contributed by atoms with Gasteiger partial charge in [-0.1, -0.05) is 0 Å². The van der Waals surface area contributed by atoms with Crippen LogP contribution < -0.4 is 5.32 Å². The molecule has 1 aliphatic carbocycles. The van der Waals surface area contributed by atoms with E-state index in [1.54, 1.807) is 0 Å². The molecule has 2 rings (SSSR count). The van der Waals surface area contributed by atoms with Gasteiger partial charge >= 0.3 is 5.97 Å². The maximum Gasteiger partial charge on any atom is 0.306 e. The number of carbonyl (C=O) groups is 1. The Balaban J connectivity index is 0.000000204. The maximum atomic E-state index is 10.5. The quantitative estimate of drug-likeness (QED) is 0.647. The molecule has 7 nitrogen and oxygen atoms in total. The molecule has 0 aliphatic heterocycles. The third-order valence-corrected chi connectivity index (χ3v) is 3.34. The Morgan fingerprint density at radius 1 is 1.45 bits per heavy atom. The van der Waals surface area contributed by atoms with Gasteiger partial charge in [0.25, 0.3) is 5.69 Å². The average molecular weight is 281 g/mol. The molecule has 0 unspecified atom stereocenters. The van der Waals surface area contributed by atoms with Crippen molar-refractivity contribution < 1.29 is 14.8 Å². The highest BCUT2D eigenvalue weighted by atomic mass is 16.6. The summed E-state index contributed by atoms with van der Waals surface area (Å²) in [6.07, 6.45) is 6.38. The smallest absolute Gasteiger partial charge is 0.306 e. The molecule has 20 heavy (non-hydrogen) atoms. The van der Waals surface area contributed by atoms with Crippen LogP contribution in [0, 0.1) is 16.0 Å². The molecule has 1 aromatic rings. The minimum Gasteiger partial charge on any atom is -0.481 e. The first kappa shape index (κ1) is 16.0. The van der Waals surface area contributed by atoms with Crippen LogP contribution in [0.5, 0.6) is 0 Å². The SMILES string of the molecule is CNC1CCC(C(=O)O)CC1.O=[N+]([O-])c1cccnc1. The van der Waals surface area contributed by atoms with Crippen molar-refractivity contribution >= 4 is 11.7 Å². The molecule has 0 radical (unpaired) electrons. The van der Waals surface area contributed by atoms with E-state index in [0.717, 1.165) is 25.7 Å². The number of carboxylic acid groups (broad SMARTS) is 1. The number of carboxylic acids is 1. The Morgan fingerprint density at radius 2 is 2.10 bits per heavy atom. The number of hydrogen-bond donors (Lipinski definition) is 2. The molecule has 1 saturated carbocycles. The van der Waals surface area contributed by atoms with Gasteiger partial charge in [0, 0.05) is 18.3 Å². The number of hydrogen-bond acceptors (Lipinski definition) is 5. The summed E-state index contributed by atoms with van der Waals surface area (Å²) >= 11 is 0. The summed E-state index contributed by atoms with van der Waals surface area (Å²) in [4.78, 5) is 23.6. The van der Waals surface area contributed by atoms with Crippen LogP contribution in [0.15, 0.2) is 24.5 Å². The highest BCUT2D eigenvalue weighted by Gasteiger charge is 2.24. The zero-order valence-electron chi connectivity index (χ0n) is 11.4. The third kappa shape index (κ3) is 5.31. The molecule has 0 atom stereocenters. The first-order chi connectivity index (χ1) is 9.54. The number of rotatable bonds is 3. The van der Waals surface area contributed by atoms with Gasteiger partial charge in [0.05, 0.1) is 10.8 Å². The summed E-state index contributed by atoms with van der Waals surface area (Å²) in [7, 11) is 1.94. The molecule has 2 N–H and O–H groups in total. The largest absolute Gasteiger partial charge is 0.481 e. The fourth-order valence-electron chi connectivity index (χ4n) is 2.09. The number of nitrogens with one attached hydrogen (secondary N) is 1. The van der Waals surface area contributed by atoms with Crippen molar-refractivity contribution in [1.29, 1.82) is 0 Å². The summed E-state index contributed by atoms with van der Waals surface area (Å²) in [6.45, 7) is 0. The van der Waals surface area contributed by atoms with Crippen molar-refractivity contribution in [2.75, 3.05) is 7.05 Å². The first-order valence-electron chi connectivity index (χ1n) is 6.49. The van der Waals surface area contributed by atoms with E-state index in [2.05, 4.69) is 10.3 Å². The molecule has 0 spiro atoms. The average Bonchev–Trinajstić information content (AvgIpc) is 2.49. The van der Waals surface area contributed by atoms with Crippen LogP contribution in [0.3, 0.4) is 0 Å². The van der Waals surface area contributed by atoms with E-state index in [9.17, 15) is 14.9 Å². The second-order valence-corrected chi connectivity index (χ2v) is 4.64. The molecular formula is C13H19N3O4. The van der Waals surface area contributed by atoms with E-state index in [0.29, 0.717) is 6.04 Å². The molecule has 0 amide bonds. The summed E-state index contributed by atoms with van der Waals surface area (Å²) in [5.74, 6) is -0.709. The predicted octanol–water partition coefficient (Wildman–Crippen LogP) is 1.84. The molecule has 0 bridgehead atoms. The van der Waals surface area contributed by atoms with E-state index < -0.39 is 10.9 Å². The Morgan fingerprint density at radius 3 is 2.45 bits per heavy atom. The van der Waals surface area contributed by atoms with Gasteiger partial charge in [0.15, 0.2) is 0 Å². The molecule has 7 heteroatoms. The van der Waals surface area contributed by atoms with Gasteiger partial charge in [-0.3, -0.25) is 19.9 Å². The molecule has 0 saturated heterocycles. The molecule has 110 valence electrons. The van der Waals surface area contributed by atoms with Crippen LogP contribution in [0.2, 0.25) is 0 Å². The minimum absolute atomic E-state index is 0.0255. The number of pyridine rings is 1. The topological polar surface area (TPSA) is 105 Å². The Hall–Kier alpha value is -2.02. The molecule has 0 aromatic carbocycles. The van der Waals surface area contributed by atoms with Gasteiger partial charge in [-0.15, -0.1) is 0 Å². The molecule has 1 aromatic heterocycles. The molecule has 1 aliphatic rings. The number of nitrogens with zero attached hydrogens (tertiary/aromatic N) is 2. The van der Waals surface area contributed by atoms with E-state index >= 15 is 0 Å². The van der Waals surface area contributed by atoms with Gasteiger partial charge in [-0.05, 0) is 38.8 Å². The van der Waals surface area contributed by atoms with Gasteiger partial charge in [0.1, 0.15) is 6.20 Å². The van der Waals surface area contributed by atoms with Gasteiger partial charge in [-0.2, -0.15) is 0 Å². The zero-order chi connectivity index (χ0) is 15.0. The lowest BCUT2D eigenvalue weighted by Crippen LogP contribution is -2.32. The van der Waals surface area contributed by atoms with E-state index in [1.165, 1.54) is 24.5 Å². The molecular weight excluding hydrogens is 262 g/mol. The van der Waals surface area contributed by atoms with Crippen molar-refractivity contribution in [3.63, 3.8) is 0 Å². The van der Waals surface area contributed by atoms with Gasteiger partial charge in [-0.25, -0.2) is 0 Å². The lowest BCUT2D eigenvalue weighted by atomic mass is 9.86. The number of aromatic nitrogens is 1. The van der Waals surface area contributed by atoms with Crippen LogP contribution in [-0.4, -0.2) is 34.1 Å². The highest BCUT2D eigenvalue weighted by molar-refractivity contribution is 5.70. The fourth-order valence-corrected chi connectivity index (χ4v) is 2.09. The first-order valence-corrected chi connectivity index (χ1v) is 6.49. The van der Waals surface area contributed by atoms with Gasteiger partial charge in [0.2, 0.25) is 0 Å². The lowest BCUT2D eigenvalue weighted by Gasteiger charge is -2.25. The van der Waals surface area contributed by atoms with E-state index in [1.807, 2.05) is 7.05 Å². The van der Waals surface area contributed by atoms with Crippen LogP contribution in [0.4, 0.5) is 5.69 Å². The van der Waals surface area contributed by atoms with Crippen LogP contribution in [-0.2, 0) is 4.79 Å². The van der Waals surface area contributed by atoms with Crippen molar-refractivity contribution in [3.8, 4) is 0 Å². The third-order valence-electron chi connectivity index (χ3n) is 3.34. The molecule has 1 heterocycles. The van der Waals surface area contributed by atoms with Gasteiger partial charge < -0.3 is 10.4 Å². The normalized spacial score (nSPS) is 21.4.